The van der Waals surface area contributed by atoms with E-state index >= 15 is 0 Å². The summed E-state index contributed by atoms with van der Waals surface area (Å²) in [6.45, 7) is -1.91. The molecule has 1 aromatic heterocycles. The second kappa shape index (κ2) is 8.52. The lowest BCUT2D eigenvalue weighted by Crippen LogP contribution is -2.31. The molecule has 8 nitrogen and oxygen atoms in total. The maximum absolute atomic E-state index is 12.0. The summed E-state index contributed by atoms with van der Waals surface area (Å²) in [4.78, 5) is 26.9. The van der Waals surface area contributed by atoms with Crippen LogP contribution < -0.4 is 10.6 Å². The zero-order valence-electron chi connectivity index (χ0n) is 13.1. The van der Waals surface area contributed by atoms with Gasteiger partial charge in [0.15, 0.2) is 6.61 Å². The summed E-state index contributed by atoms with van der Waals surface area (Å²) in [5.74, 6) is -0.496. The van der Waals surface area contributed by atoms with Gasteiger partial charge in [-0.3, -0.25) is 4.79 Å². The van der Waals surface area contributed by atoms with Crippen LogP contribution in [0.3, 0.4) is 0 Å². The number of carbonyl (C=O) groups excluding carboxylic acids is 2. The van der Waals surface area contributed by atoms with Crippen LogP contribution in [0.25, 0.3) is 5.69 Å². The van der Waals surface area contributed by atoms with Crippen LogP contribution in [-0.2, 0) is 9.53 Å². The summed E-state index contributed by atoms with van der Waals surface area (Å²) in [7, 11) is 0. The molecule has 2 aromatic rings. The van der Waals surface area contributed by atoms with Crippen LogP contribution in [-0.4, -0.2) is 46.1 Å². The van der Waals surface area contributed by atoms with Crippen LogP contribution in [0.5, 0.6) is 0 Å². The van der Waals surface area contributed by atoms with Crippen molar-refractivity contribution >= 4 is 29.3 Å². The fraction of sp³-hybridized carbons (Fsp3) is 0.286. The Labute approximate surface area is 150 Å². The second-order valence-electron chi connectivity index (χ2n) is 4.92. The zero-order chi connectivity index (χ0) is 19.2. The molecule has 12 heteroatoms. The van der Waals surface area contributed by atoms with Gasteiger partial charge in [0.1, 0.15) is 12.7 Å². The van der Waals surface area contributed by atoms with Crippen molar-refractivity contribution < 1.29 is 27.5 Å². The molecule has 0 spiro atoms. The maximum atomic E-state index is 12.0. The number of benzene rings is 1. The quantitative estimate of drug-likeness (QED) is 0.788. The van der Waals surface area contributed by atoms with Gasteiger partial charge >= 0.3 is 12.3 Å². The molecule has 26 heavy (non-hydrogen) atoms. The molecule has 0 aliphatic rings. The number of carbonyl (C=O) groups is 2. The van der Waals surface area contributed by atoms with E-state index in [1.165, 1.54) is 23.4 Å². The third-order valence-electron chi connectivity index (χ3n) is 2.89. The molecule has 1 heterocycles. The van der Waals surface area contributed by atoms with Gasteiger partial charge in [-0.25, -0.2) is 14.5 Å². The van der Waals surface area contributed by atoms with Crippen LogP contribution in [0.1, 0.15) is 6.42 Å². The van der Waals surface area contributed by atoms with Crippen molar-refractivity contribution in [2.75, 3.05) is 18.5 Å². The Hall–Kier alpha value is -2.82. The Bertz CT molecular complexity index is 768. The van der Waals surface area contributed by atoms with Crippen LogP contribution in [0.2, 0.25) is 5.02 Å². The number of hydrogen-bond donors (Lipinski definition) is 2. The Kier molecular flexibility index (Phi) is 6.39. The minimum atomic E-state index is -4.61. The Morgan fingerprint density at radius 1 is 1.31 bits per heavy atom. The van der Waals surface area contributed by atoms with E-state index in [1.54, 1.807) is 12.1 Å². The first-order chi connectivity index (χ1) is 12.2. The number of alkyl halides is 3. The molecular formula is C14H13ClF3N5O3. The van der Waals surface area contributed by atoms with Crippen molar-refractivity contribution in [2.24, 2.45) is 0 Å². The first-order valence-corrected chi connectivity index (χ1v) is 7.54. The van der Waals surface area contributed by atoms with Crippen LogP contribution in [0.15, 0.2) is 30.9 Å². The van der Waals surface area contributed by atoms with E-state index < -0.39 is 24.8 Å². The number of anilines is 1. The average Bonchev–Trinajstić information content (AvgIpc) is 3.06. The minimum Gasteiger partial charge on any atom is -0.440 e. The highest BCUT2D eigenvalue weighted by Crippen LogP contribution is 2.24. The van der Waals surface area contributed by atoms with Gasteiger partial charge in [-0.2, -0.15) is 18.3 Å². The molecule has 140 valence electrons. The molecule has 0 unspecified atom stereocenters. The van der Waals surface area contributed by atoms with Gasteiger partial charge in [0.05, 0.1) is 11.4 Å². The third-order valence-corrected chi connectivity index (χ3v) is 3.12. The van der Waals surface area contributed by atoms with Crippen molar-refractivity contribution in [1.29, 1.82) is 0 Å². The first kappa shape index (κ1) is 19.5. The van der Waals surface area contributed by atoms with Crippen molar-refractivity contribution in [2.45, 2.75) is 12.6 Å². The zero-order valence-corrected chi connectivity index (χ0v) is 13.8. The molecule has 0 aliphatic heterocycles. The van der Waals surface area contributed by atoms with Crippen molar-refractivity contribution in [3.05, 3.63) is 35.9 Å². The molecule has 0 atom stereocenters. The van der Waals surface area contributed by atoms with E-state index in [4.69, 9.17) is 11.6 Å². The number of nitrogens with zero attached hydrogens (tertiary/aromatic N) is 3. The van der Waals surface area contributed by atoms with Crippen molar-refractivity contribution in [3.8, 4) is 5.69 Å². The molecule has 2 rings (SSSR count). The molecule has 1 aromatic carbocycles. The fourth-order valence-corrected chi connectivity index (χ4v) is 2.00. The number of amides is 2. The van der Waals surface area contributed by atoms with Gasteiger partial charge in [0.25, 0.3) is 0 Å². The van der Waals surface area contributed by atoms with Gasteiger partial charge < -0.3 is 15.4 Å². The van der Waals surface area contributed by atoms with E-state index in [9.17, 15) is 22.8 Å². The van der Waals surface area contributed by atoms with Crippen molar-refractivity contribution in [1.82, 2.24) is 20.1 Å². The van der Waals surface area contributed by atoms with Gasteiger partial charge in [-0.15, -0.1) is 0 Å². The maximum Gasteiger partial charge on any atom is 0.422 e. The predicted octanol–water partition coefficient (Wildman–Crippen LogP) is 2.54. The first-order valence-electron chi connectivity index (χ1n) is 7.16. The SMILES string of the molecule is O=C(CCNC(=O)OCC(F)(F)F)Nc1cc(Cl)ccc1-n1cncn1. The number of aromatic nitrogens is 3. The summed E-state index contributed by atoms with van der Waals surface area (Å²) in [6.07, 6.45) is -3.32. The molecule has 0 radical (unpaired) electrons. The average molecular weight is 392 g/mol. The second-order valence-corrected chi connectivity index (χ2v) is 5.35. The van der Waals surface area contributed by atoms with E-state index in [1.807, 2.05) is 5.32 Å². The lowest BCUT2D eigenvalue weighted by Gasteiger charge is -2.12. The highest BCUT2D eigenvalue weighted by molar-refractivity contribution is 6.31. The van der Waals surface area contributed by atoms with Crippen LogP contribution in [0, 0.1) is 0 Å². The van der Waals surface area contributed by atoms with Crippen LogP contribution in [0.4, 0.5) is 23.7 Å². The highest BCUT2D eigenvalue weighted by atomic mass is 35.5. The van der Waals surface area contributed by atoms with E-state index in [0.717, 1.165) is 0 Å². The molecule has 2 N–H and O–H groups in total. The van der Waals surface area contributed by atoms with E-state index in [2.05, 4.69) is 20.1 Å². The number of ether oxygens (including phenoxy) is 1. The summed E-state index contributed by atoms with van der Waals surface area (Å²) < 4.78 is 41.1. The van der Waals surface area contributed by atoms with Gasteiger partial charge in [-0.05, 0) is 18.2 Å². The van der Waals surface area contributed by atoms with Gasteiger partial charge in [-0.1, -0.05) is 11.6 Å². The van der Waals surface area contributed by atoms with Crippen molar-refractivity contribution in [3.63, 3.8) is 0 Å². The largest absolute Gasteiger partial charge is 0.440 e. The van der Waals surface area contributed by atoms with Gasteiger partial charge in [0.2, 0.25) is 5.91 Å². The summed E-state index contributed by atoms with van der Waals surface area (Å²) >= 11 is 5.92. The topological polar surface area (TPSA) is 98.1 Å². The summed E-state index contributed by atoms with van der Waals surface area (Å²) in [5.41, 5.74) is 0.866. The van der Waals surface area contributed by atoms with Gasteiger partial charge in [0, 0.05) is 18.0 Å². The lowest BCUT2D eigenvalue weighted by molar-refractivity contribution is -0.160. The normalized spacial score (nSPS) is 11.1. The van der Waals surface area contributed by atoms with E-state index in [0.29, 0.717) is 16.4 Å². The molecule has 0 saturated carbocycles. The fourth-order valence-electron chi connectivity index (χ4n) is 1.83. The third kappa shape index (κ3) is 6.24. The molecule has 0 saturated heterocycles. The molecular weight excluding hydrogens is 379 g/mol. The molecule has 0 fully saturated rings. The number of alkyl carbamates (subject to hydrolysis) is 1. The lowest BCUT2D eigenvalue weighted by atomic mass is 10.2. The number of hydrogen-bond acceptors (Lipinski definition) is 5. The molecule has 0 aliphatic carbocycles. The van der Waals surface area contributed by atoms with E-state index in [-0.39, 0.29) is 13.0 Å². The summed E-state index contributed by atoms with van der Waals surface area (Å²) in [5, 5.41) is 8.96. The smallest absolute Gasteiger partial charge is 0.422 e. The Morgan fingerprint density at radius 3 is 2.73 bits per heavy atom. The summed E-state index contributed by atoms with van der Waals surface area (Å²) in [6, 6.07) is 4.73. The molecule has 2 amide bonds. The number of halogens is 4. The highest BCUT2D eigenvalue weighted by Gasteiger charge is 2.29. The molecule has 0 bridgehead atoms. The number of rotatable bonds is 6. The predicted molar refractivity (Wildman–Crippen MR) is 85.0 cm³/mol. The number of nitrogens with one attached hydrogen (secondary N) is 2. The minimum absolute atomic E-state index is 0.190. The Balaban J connectivity index is 1.87. The van der Waals surface area contributed by atoms with Crippen LogP contribution >= 0.6 is 11.6 Å². The monoisotopic (exact) mass is 391 g/mol. The Morgan fingerprint density at radius 2 is 2.08 bits per heavy atom. The standard InChI is InChI=1S/C14H13ClF3N5O3/c15-9-1-2-11(23-8-19-7-21-23)10(5-9)22-12(24)3-4-20-13(25)26-6-14(16,17)18/h1-2,5,7-8H,3-4,6H2,(H,20,25)(H,22,24).